The van der Waals surface area contributed by atoms with Gasteiger partial charge >= 0.3 is 0 Å². The van der Waals surface area contributed by atoms with E-state index in [2.05, 4.69) is 0 Å². The molecule has 88 valence electrons. The van der Waals surface area contributed by atoms with Crippen LogP contribution in [0.3, 0.4) is 0 Å². The Hall–Kier alpha value is -0.930. The average molecular weight is 224 g/mol. The maximum absolute atomic E-state index is 12.8. The van der Waals surface area contributed by atoms with E-state index < -0.39 is 5.60 Å². The van der Waals surface area contributed by atoms with Crippen LogP contribution in [0.25, 0.3) is 0 Å². The van der Waals surface area contributed by atoms with E-state index in [1.807, 2.05) is 0 Å². The highest BCUT2D eigenvalue weighted by Gasteiger charge is 2.34. The van der Waals surface area contributed by atoms with E-state index in [0.29, 0.717) is 6.61 Å². The summed E-state index contributed by atoms with van der Waals surface area (Å²) >= 11 is 0. The Morgan fingerprint density at radius 1 is 1.38 bits per heavy atom. The van der Waals surface area contributed by atoms with Crippen molar-refractivity contribution in [2.75, 3.05) is 13.2 Å². The number of hydrogen-bond acceptors (Lipinski definition) is 2. The van der Waals surface area contributed by atoms with Crippen LogP contribution in [0.4, 0.5) is 4.39 Å². The van der Waals surface area contributed by atoms with Gasteiger partial charge in [0.2, 0.25) is 0 Å². The molecular weight excluding hydrogens is 207 g/mol. The van der Waals surface area contributed by atoms with Crippen LogP contribution in [-0.4, -0.2) is 18.3 Å². The van der Waals surface area contributed by atoms with Gasteiger partial charge in [-0.15, -0.1) is 0 Å². The van der Waals surface area contributed by atoms with E-state index in [4.69, 9.17) is 4.74 Å². The number of rotatable bonds is 2. The van der Waals surface area contributed by atoms with Crippen molar-refractivity contribution in [1.82, 2.24) is 0 Å². The molecule has 16 heavy (non-hydrogen) atoms. The van der Waals surface area contributed by atoms with Crippen molar-refractivity contribution in [2.45, 2.75) is 25.4 Å². The van der Waals surface area contributed by atoms with Gasteiger partial charge in [-0.2, -0.15) is 0 Å². The number of aliphatic hydroxyl groups is 1. The molecule has 0 aliphatic carbocycles. The highest BCUT2D eigenvalue weighted by Crippen LogP contribution is 2.34. The highest BCUT2D eigenvalue weighted by atomic mass is 19.1. The molecule has 1 fully saturated rings. The van der Waals surface area contributed by atoms with Crippen molar-refractivity contribution in [3.05, 3.63) is 35.6 Å². The SMILES string of the molecule is CC(O)(c1ccc(F)cc1)C1CCCOC1. The lowest BCUT2D eigenvalue weighted by atomic mass is 9.80. The zero-order chi connectivity index (χ0) is 11.6. The first kappa shape index (κ1) is 11.6. The Morgan fingerprint density at radius 3 is 2.62 bits per heavy atom. The molecule has 1 aromatic carbocycles. The first-order chi connectivity index (χ1) is 7.60. The average Bonchev–Trinajstić information content (AvgIpc) is 2.31. The Balaban J connectivity index is 2.19. The standard InChI is InChI=1S/C13H17FO2/c1-13(15,11-3-2-8-16-9-11)10-4-6-12(14)7-5-10/h4-7,11,15H,2-3,8-9H2,1H3. The normalized spacial score (nSPS) is 25.1. The van der Waals surface area contributed by atoms with Crippen LogP contribution in [0.5, 0.6) is 0 Å². The molecule has 2 rings (SSSR count). The van der Waals surface area contributed by atoms with Crippen LogP contribution >= 0.6 is 0 Å². The second-order valence-electron chi connectivity index (χ2n) is 4.57. The summed E-state index contributed by atoms with van der Waals surface area (Å²) in [5.74, 6) is -0.189. The van der Waals surface area contributed by atoms with Crippen LogP contribution < -0.4 is 0 Å². The summed E-state index contributed by atoms with van der Waals surface area (Å²) in [4.78, 5) is 0. The first-order valence-corrected chi connectivity index (χ1v) is 5.67. The summed E-state index contributed by atoms with van der Waals surface area (Å²) in [7, 11) is 0. The van der Waals surface area contributed by atoms with Crippen molar-refractivity contribution in [2.24, 2.45) is 5.92 Å². The van der Waals surface area contributed by atoms with Crippen molar-refractivity contribution in [3.8, 4) is 0 Å². The molecule has 1 saturated heterocycles. The zero-order valence-electron chi connectivity index (χ0n) is 9.45. The van der Waals surface area contributed by atoms with Gasteiger partial charge in [0.1, 0.15) is 5.82 Å². The van der Waals surface area contributed by atoms with E-state index >= 15 is 0 Å². The van der Waals surface area contributed by atoms with Crippen molar-refractivity contribution in [3.63, 3.8) is 0 Å². The third-order valence-corrected chi connectivity index (χ3v) is 3.38. The van der Waals surface area contributed by atoms with Crippen LogP contribution in [0.1, 0.15) is 25.3 Å². The molecule has 3 heteroatoms. The summed E-state index contributed by atoms with van der Waals surface area (Å²) in [6, 6.07) is 6.05. The van der Waals surface area contributed by atoms with Gasteiger partial charge in [0.15, 0.2) is 0 Å². The third-order valence-electron chi connectivity index (χ3n) is 3.38. The Bertz CT molecular complexity index is 339. The number of benzene rings is 1. The summed E-state index contributed by atoms with van der Waals surface area (Å²) < 4.78 is 18.2. The molecule has 1 N–H and O–H groups in total. The maximum atomic E-state index is 12.8. The van der Waals surface area contributed by atoms with Gasteiger partial charge in [-0.3, -0.25) is 0 Å². The van der Waals surface area contributed by atoms with Crippen molar-refractivity contribution in [1.29, 1.82) is 0 Å². The minimum Gasteiger partial charge on any atom is -0.385 e. The molecule has 0 amide bonds. The fourth-order valence-corrected chi connectivity index (χ4v) is 2.21. The largest absolute Gasteiger partial charge is 0.385 e. The monoisotopic (exact) mass is 224 g/mol. The summed E-state index contributed by atoms with van der Waals surface area (Å²) in [6.45, 7) is 3.12. The van der Waals surface area contributed by atoms with Gasteiger partial charge in [0, 0.05) is 12.5 Å². The van der Waals surface area contributed by atoms with Crippen LogP contribution in [0.15, 0.2) is 24.3 Å². The van der Waals surface area contributed by atoms with Gasteiger partial charge in [-0.25, -0.2) is 4.39 Å². The first-order valence-electron chi connectivity index (χ1n) is 5.67. The molecule has 1 aliphatic rings. The van der Waals surface area contributed by atoms with Gasteiger partial charge < -0.3 is 9.84 Å². The van der Waals surface area contributed by atoms with Crippen LogP contribution in [0, 0.1) is 11.7 Å². The molecule has 2 nitrogen and oxygen atoms in total. The second-order valence-corrected chi connectivity index (χ2v) is 4.57. The van der Waals surface area contributed by atoms with Gasteiger partial charge in [0.25, 0.3) is 0 Å². The van der Waals surface area contributed by atoms with E-state index in [1.165, 1.54) is 12.1 Å². The van der Waals surface area contributed by atoms with E-state index in [-0.39, 0.29) is 11.7 Å². The molecule has 0 radical (unpaired) electrons. The summed E-state index contributed by atoms with van der Waals surface area (Å²) in [6.07, 6.45) is 1.92. The quantitative estimate of drug-likeness (QED) is 0.836. The molecule has 1 heterocycles. The molecule has 1 aliphatic heterocycles. The predicted octanol–water partition coefficient (Wildman–Crippen LogP) is 2.46. The smallest absolute Gasteiger partial charge is 0.123 e. The molecule has 0 spiro atoms. The van der Waals surface area contributed by atoms with E-state index in [0.717, 1.165) is 25.0 Å². The molecule has 2 atom stereocenters. The zero-order valence-corrected chi connectivity index (χ0v) is 9.45. The molecule has 0 aromatic heterocycles. The number of ether oxygens (including phenoxy) is 1. The molecule has 0 bridgehead atoms. The Kier molecular flexibility index (Phi) is 3.26. The molecule has 1 aromatic rings. The fourth-order valence-electron chi connectivity index (χ4n) is 2.21. The van der Waals surface area contributed by atoms with Gasteiger partial charge in [-0.1, -0.05) is 12.1 Å². The lowest BCUT2D eigenvalue weighted by Gasteiger charge is -2.35. The molecule has 2 unspecified atom stereocenters. The second kappa shape index (κ2) is 4.52. The van der Waals surface area contributed by atoms with Crippen molar-refractivity contribution < 1.29 is 14.2 Å². The van der Waals surface area contributed by atoms with Gasteiger partial charge in [-0.05, 0) is 37.5 Å². The fraction of sp³-hybridized carbons (Fsp3) is 0.538. The maximum Gasteiger partial charge on any atom is 0.123 e. The topological polar surface area (TPSA) is 29.5 Å². The minimum atomic E-state index is -0.936. The Labute approximate surface area is 95.1 Å². The van der Waals surface area contributed by atoms with Crippen LogP contribution in [0.2, 0.25) is 0 Å². The number of halogens is 1. The lowest BCUT2D eigenvalue weighted by molar-refractivity contribution is -0.0723. The molecule has 0 saturated carbocycles. The predicted molar refractivity (Wildman–Crippen MR) is 59.5 cm³/mol. The van der Waals surface area contributed by atoms with E-state index in [9.17, 15) is 9.50 Å². The summed E-state index contributed by atoms with van der Waals surface area (Å²) in [5, 5.41) is 10.5. The summed E-state index contributed by atoms with van der Waals surface area (Å²) in [5.41, 5.74) is -0.182. The van der Waals surface area contributed by atoms with E-state index in [1.54, 1.807) is 19.1 Å². The minimum absolute atomic E-state index is 0.0895. The lowest BCUT2D eigenvalue weighted by Crippen LogP contribution is -2.37. The van der Waals surface area contributed by atoms with Gasteiger partial charge in [0.05, 0.1) is 12.2 Å². The highest BCUT2D eigenvalue weighted by molar-refractivity contribution is 5.23. The van der Waals surface area contributed by atoms with Crippen LogP contribution in [-0.2, 0) is 10.3 Å². The van der Waals surface area contributed by atoms with Crippen molar-refractivity contribution >= 4 is 0 Å². The third kappa shape index (κ3) is 2.25. The molecular formula is C13H17FO2. The Morgan fingerprint density at radius 2 is 2.06 bits per heavy atom. The number of hydrogen-bond donors (Lipinski definition) is 1.